The van der Waals surface area contributed by atoms with Gasteiger partial charge in [-0.3, -0.25) is 0 Å². The topological polar surface area (TPSA) is 54.3 Å². The Morgan fingerprint density at radius 3 is 2.33 bits per heavy atom. The van der Waals surface area contributed by atoms with E-state index in [1.54, 1.807) is 14.2 Å². The molecule has 0 fully saturated rings. The second-order valence-corrected chi connectivity index (χ2v) is 2.59. The van der Waals surface area contributed by atoms with Gasteiger partial charge in [0.15, 0.2) is 6.29 Å². The number of hydrogen-bond acceptors (Lipinski definition) is 4. The zero-order valence-electron chi connectivity index (χ0n) is 7.83. The Morgan fingerprint density at radius 1 is 1.33 bits per heavy atom. The third kappa shape index (κ3) is 5.08. The van der Waals surface area contributed by atoms with Gasteiger partial charge < -0.3 is 14.8 Å². The van der Waals surface area contributed by atoms with Crippen LogP contribution in [0.3, 0.4) is 0 Å². The Morgan fingerprint density at radius 2 is 1.92 bits per heavy atom. The first kappa shape index (κ1) is 11.4. The van der Waals surface area contributed by atoms with E-state index in [-0.39, 0.29) is 12.2 Å². The smallest absolute Gasteiger partial charge is 0.169 e. The summed E-state index contributed by atoms with van der Waals surface area (Å²) < 4.78 is 9.89. The Labute approximate surface area is 73.5 Å². The molecule has 4 heteroatoms. The molecule has 4 nitrogen and oxygen atoms in total. The van der Waals surface area contributed by atoms with E-state index in [2.05, 4.69) is 11.4 Å². The summed E-state index contributed by atoms with van der Waals surface area (Å²) in [6.45, 7) is 3.14. The molecule has 70 valence electrons. The van der Waals surface area contributed by atoms with Crippen molar-refractivity contribution in [1.29, 1.82) is 5.26 Å². The molecule has 0 aromatic rings. The molecule has 0 amide bonds. The number of hydrogen-bond donors (Lipinski definition) is 1. The monoisotopic (exact) mass is 172 g/mol. The van der Waals surface area contributed by atoms with Gasteiger partial charge in [0.05, 0.1) is 12.0 Å². The zero-order valence-corrected chi connectivity index (χ0v) is 7.83. The molecular weight excluding hydrogens is 156 g/mol. The Bertz CT molecular complexity index is 140. The lowest BCUT2D eigenvalue weighted by molar-refractivity contribution is -0.0987. The summed E-state index contributed by atoms with van der Waals surface area (Å²) in [5.74, 6) is 0.0272. The molecule has 0 aromatic carbocycles. The molecular formula is C8H16N2O2. The fourth-order valence-electron chi connectivity index (χ4n) is 0.726. The summed E-state index contributed by atoms with van der Waals surface area (Å²) >= 11 is 0. The van der Waals surface area contributed by atoms with Crippen molar-refractivity contribution in [2.24, 2.45) is 5.92 Å². The van der Waals surface area contributed by atoms with Gasteiger partial charge in [0, 0.05) is 27.3 Å². The molecule has 0 saturated heterocycles. The number of rotatable bonds is 6. The van der Waals surface area contributed by atoms with Crippen molar-refractivity contribution >= 4 is 0 Å². The van der Waals surface area contributed by atoms with Crippen LogP contribution in [0.4, 0.5) is 0 Å². The van der Waals surface area contributed by atoms with Crippen LogP contribution in [0.1, 0.15) is 6.92 Å². The minimum atomic E-state index is -0.226. The molecule has 0 spiro atoms. The molecule has 0 radical (unpaired) electrons. The highest BCUT2D eigenvalue weighted by atomic mass is 16.7. The first-order valence-electron chi connectivity index (χ1n) is 3.90. The van der Waals surface area contributed by atoms with E-state index < -0.39 is 0 Å². The molecule has 0 aliphatic rings. The molecule has 0 aliphatic carbocycles. The van der Waals surface area contributed by atoms with Gasteiger partial charge in [-0.15, -0.1) is 0 Å². The fraction of sp³-hybridized carbons (Fsp3) is 0.875. The standard InChI is InChI=1S/C8H16N2O2/c1-7(4-9)5-10-6-8(11-2)12-3/h7-8,10H,5-6H2,1-3H3. The van der Waals surface area contributed by atoms with Crippen LogP contribution in [0.15, 0.2) is 0 Å². The average molecular weight is 172 g/mol. The van der Waals surface area contributed by atoms with Crippen LogP contribution in [0.5, 0.6) is 0 Å². The van der Waals surface area contributed by atoms with Crippen molar-refractivity contribution in [2.45, 2.75) is 13.2 Å². The van der Waals surface area contributed by atoms with Crippen LogP contribution >= 0.6 is 0 Å². The summed E-state index contributed by atoms with van der Waals surface area (Å²) in [5.41, 5.74) is 0. The predicted molar refractivity (Wildman–Crippen MR) is 45.5 cm³/mol. The minimum absolute atomic E-state index is 0.0272. The van der Waals surface area contributed by atoms with Crippen LogP contribution in [-0.2, 0) is 9.47 Å². The molecule has 0 aliphatic heterocycles. The highest BCUT2D eigenvalue weighted by Crippen LogP contribution is 1.90. The van der Waals surface area contributed by atoms with E-state index in [1.807, 2.05) is 6.92 Å². The second-order valence-electron chi connectivity index (χ2n) is 2.59. The zero-order chi connectivity index (χ0) is 9.40. The number of ether oxygens (including phenoxy) is 2. The normalized spacial score (nSPS) is 12.9. The predicted octanol–water partition coefficient (Wildman–Crippen LogP) is 0.355. The SMILES string of the molecule is COC(CNCC(C)C#N)OC. The van der Waals surface area contributed by atoms with Crippen LogP contribution < -0.4 is 5.32 Å². The van der Waals surface area contributed by atoms with Crippen LogP contribution in [0, 0.1) is 17.2 Å². The van der Waals surface area contributed by atoms with Crippen LogP contribution in [0.2, 0.25) is 0 Å². The molecule has 1 atom stereocenters. The maximum Gasteiger partial charge on any atom is 0.169 e. The van der Waals surface area contributed by atoms with E-state index >= 15 is 0 Å². The van der Waals surface area contributed by atoms with Gasteiger partial charge in [0.1, 0.15) is 0 Å². The lowest BCUT2D eigenvalue weighted by atomic mass is 10.2. The van der Waals surface area contributed by atoms with E-state index in [9.17, 15) is 0 Å². The van der Waals surface area contributed by atoms with E-state index in [4.69, 9.17) is 14.7 Å². The lowest BCUT2D eigenvalue weighted by Crippen LogP contribution is -2.32. The molecule has 0 saturated carbocycles. The van der Waals surface area contributed by atoms with Gasteiger partial charge in [-0.2, -0.15) is 5.26 Å². The van der Waals surface area contributed by atoms with Crippen molar-refractivity contribution in [3.63, 3.8) is 0 Å². The summed E-state index contributed by atoms with van der Waals surface area (Å²) in [6.07, 6.45) is -0.226. The lowest BCUT2D eigenvalue weighted by Gasteiger charge is -2.14. The van der Waals surface area contributed by atoms with Crippen molar-refractivity contribution in [1.82, 2.24) is 5.32 Å². The molecule has 1 unspecified atom stereocenters. The van der Waals surface area contributed by atoms with Crippen LogP contribution in [-0.4, -0.2) is 33.6 Å². The van der Waals surface area contributed by atoms with Crippen molar-refractivity contribution in [3.05, 3.63) is 0 Å². The summed E-state index contributed by atoms with van der Waals surface area (Å²) in [7, 11) is 3.17. The quantitative estimate of drug-likeness (QED) is 0.587. The van der Waals surface area contributed by atoms with E-state index in [0.717, 1.165) is 0 Å². The number of nitrogens with zero attached hydrogens (tertiary/aromatic N) is 1. The number of methoxy groups -OCH3 is 2. The number of nitriles is 1. The molecule has 12 heavy (non-hydrogen) atoms. The molecule has 0 aromatic heterocycles. The van der Waals surface area contributed by atoms with Gasteiger partial charge >= 0.3 is 0 Å². The van der Waals surface area contributed by atoms with Crippen molar-refractivity contribution < 1.29 is 9.47 Å². The Kier molecular flexibility index (Phi) is 6.67. The Balaban J connectivity index is 3.36. The molecule has 0 rings (SSSR count). The van der Waals surface area contributed by atoms with Gasteiger partial charge in [0.2, 0.25) is 0 Å². The summed E-state index contributed by atoms with van der Waals surface area (Å²) in [5, 5.41) is 11.5. The second kappa shape index (κ2) is 7.04. The highest BCUT2D eigenvalue weighted by molar-refractivity contribution is 4.80. The summed E-state index contributed by atoms with van der Waals surface area (Å²) in [6, 6.07) is 2.13. The van der Waals surface area contributed by atoms with E-state index in [1.165, 1.54) is 0 Å². The number of nitrogens with one attached hydrogen (secondary N) is 1. The third-order valence-electron chi connectivity index (χ3n) is 1.51. The van der Waals surface area contributed by atoms with Gasteiger partial charge in [-0.1, -0.05) is 0 Å². The highest BCUT2D eigenvalue weighted by Gasteiger charge is 2.04. The maximum absolute atomic E-state index is 8.46. The fourth-order valence-corrected chi connectivity index (χ4v) is 0.726. The van der Waals surface area contributed by atoms with Gasteiger partial charge in [-0.25, -0.2) is 0 Å². The van der Waals surface area contributed by atoms with E-state index in [0.29, 0.717) is 13.1 Å². The molecule has 0 bridgehead atoms. The van der Waals surface area contributed by atoms with Gasteiger partial charge in [-0.05, 0) is 6.92 Å². The average Bonchev–Trinajstić information content (AvgIpc) is 2.12. The first-order chi connectivity index (χ1) is 5.74. The minimum Gasteiger partial charge on any atom is -0.355 e. The molecule has 0 heterocycles. The van der Waals surface area contributed by atoms with Crippen LogP contribution in [0.25, 0.3) is 0 Å². The van der Waals surface area contributed by atoms with Crippen molar-refractivity contribution in [3.8, 4) is 6.07 Å². The first-order valence-corrected chi connectivity index (χ1v) is 3.90. The summed E-state index contributed by atoms with van der Waals surface area (Å²) in [4.78, 5) is 0. The molecule has 1 N–H and O–H groups in total. The Hall–Kier alpha value is -0.630. The van der Waals surface area contributed by atoms with Crippen molar-refractivity contribution in [2.75, 3.05) is 27.3 Å². The maximum atomic E-state index is 8.46. The largest absolute Gasteiger partial charge is 0.355 e. The van der Waals surface area contributed by atoms with Gasteiger partial charge in [0.25, 0.3) is 0 Å². The third-order valence-corrected chi connectivity index (χ3v) is 1.51.